The SMILES string of the molecule is COCCCN(CCOC)Cc1ccc(O)c(Cl)c1. The van der Waals surface area contributed by atoms with Gasteiger partial charge >= 0.3 is 0 Å². The first-order valence-corrected chi connectivity index (χ1v) is 6.72. The number of methoxy groups -OCH3 is 2. The van der Waals surface area contributed by atoms with Gasteiger partial charge in [0.1, 0.15) is 5.75 Å². The van der Waals surface area contributed by atoms with Crippen LogP contribution in [0.2, 0.25) is 5.02 Å². The summed E-state index contributed by atoms with van der Waals surface area (Å²) in [6.07, 6.45) is 0.978. The van der Waals surface area contributed by atoms with Gasteiger partial charge in [-0.3, -0.25) is 4.90 Å². The van der Waals surface area contributed by atoms with Crippen LogP contribution in [-0.4, -0.2) is 50.5 Å². The maximum absolute atomic E-state index is 9.41. The zero-order chi connectivity index (χ0) is 14.1. The molecule has 1 rings (SSSR count). The van der Waals surface area contributed by atoms with Gasteiger partial charge in [-0.15, -0.1) is 0 Å². The first-order chi connectivity index (χ1) is 9.17. The number of ether oxygens (including phenoxy) is 2. The van der Waals surface area contributed by atoms with E-state index in [2.05, 4.69) is 4.90 Å². The molecule has 0 saturated carbocycles. The lowest BCUT2D eigenvalue weighted by atomic mass is 10.2. The molecule has 19 heavy (non-hydrogen) atoms. The number of rotatable bonds is 9. The van der Waals surface area contributed by atoms with Gasteiger partial charge in [0.05, 0.1) is 11.6 Å². The van der Waals surface area contributed by atoms with Crippen LogP contribution in [0.15, 0.2) is 18.2 Å². The van der Waals surface area contributed by atoms with E-state index >= 15 is 0 Å². The lowest BCUT2D eigenvalue weighted by molar-refractivity contribution is 0.129. The number of benzene rings is 1. The van der Waals surface area contributed by atoms with Crippen LogP contribution in [0.25, 0.3) is 0 Å². The highest BCUT2D eigenvalue weighted by molar-refractivity contribution is 6.32. The lowest BCUT2D eigenvalue weighted by Crippen LogP contribution is -2.28. The molecule has 0 spiro atoms. The molecule has 108 valence electrons. The molecule has 0 aliphatic carbocycles. The summed E-state index contributed by atoms with van der Waals surface area (Å²) >= 11 is 5.92. The van der Waals surface area contributed by atoms with Gasteiger partial charge in [-0.1, -0.05) is 17.7 Å². The maximum atomic E-state index is 9.41. The third-order valence-electron chi connectivity index (χ3n) is 2.85. The monoisotopic (exact) mass is 287 g/mol. The molecule has 0 bridgehead atoms. The number of phenols is 1. The predicted molar refractivity (Wildman–Crippen MR) is 76.8 cm³/mol. The second kappa shape index (κ2) is 9.15. The first kappa shape index (κ1) is 16.2. The van der Waals surface area contributed by atoms with Crippen LogP contribution < -0.4 is 0 Å². The van der Waals surface area contributed by atoms with Crippen LogP contribution in [0.1, 0.15) is 12.0 Å². The van der Waals surface area contributed by atoms with Crippen molar-refractivity contribution in [2.24, 2.45) is 0 Å². The van der Waals surface area contributed by atoms with E-state index in [1.54, 1.807) is 26.4 Å². The topological polar surface area (TPSA) is 41.9 Å². The molecule has 0 unspecified atom stereocenters. The Kier molecular flexibility index (Phi) is 7.82. The molecule has 0 heterocycles. The summed E-state index contributed by atoms with van der Waals surface area (Å²) in [7, 11) is 3.41. The minimum Gasteiger partial charge on any atom is -0.506 e. The quantitative estimate of drug-likeness (QED) is 0.709. The van der Waals surface area contributed by atoms with Crippen molar-refractivity contribution in [1.29, 1.82) is 0 Å². The second-order valence-electron chi connectivity index (χ2n) is 4.40. The minimum atomic E-state index is 0.119. The Morgan fingerprint density at radius 3 is 2.53 bits per heavy atom. The summed E-state index contributed by atoms with van der Waals surface area (Å²) in [4.78, 5) is 2.28. The number of hydrogen-bond donors (Lipinski definition) is 1. The molecule has 0 atom stereocenters. The van der Waals surface area contributed by atoms with E-state index in [4.69, 9.17) is 21.1 Å². The van der Waals surface area contributed by atoms with Gasteiger partial charge in [0.2, 0.25) is 0 Å². The van der Waals surface area contributed by atoms with E-state index < -0.39 is 0 Å². The van der Waals surface area contributed by atoms with Crippen LogP contribution in [0.4, 0.5) is 0 Å². The van der Waals surface area contributed by atoms with Crippen molar-refractivity contribution < 1.29 is 14.6 Å². The number of aromatic hydroxyl groups is 1. The van der Waals surface area contributed by atoms with Crippen molar-refractivity contribution in [3.05, 3.63) is 28.8 Å². The van der Waals surface area contributed by atoms with Crippen LogP contribution in [0, 0.1) is 0 Å². The van der Waals surface area contributed by atoms with E-state index in [9.17, 15) is 5.11 Å². The molecule has 1 aromatic rings. The van der Waals surface area contributed by atoms with Crippen molar-refractivity contribution in [2.45, 2.75) is 13.0 Å². The molecule has 5 heteroatoms. The molecule has 0 amide bonds. The Morgan fingerprint density at radius 2 is 1.89 bits per heavy atom. The summed E-state index contributed by atoms with van der Waals surface area (Å²) in [5.74, 6) is 0.119. The van der Waals surface area contributed by atoms with E-state index in [-0.39, 0.29) is 5.75 Å². The number of nitrogens with zero attached hydrogens (tertiary/aromatic N) is 1. The summed E-state index contributed by atoms with van der Waals surface area (Å²) in [6, 6.07) is 5.31. The standard InChI is InChI=1S/C14H22ClNO3/c1-18-8-3-6-16(7-9-19-2)11-12-4-5-14(17)13(15)10-12/h4-5,10,17H,3,6-9,11H2,1-2H3. The second-order valence-corrected chi connectivity index (χ2v) is 4.81. The molecule has 0 aliphatic heterocycles. The number of phenolic OH excluding ortho intramolecular Hbond substituents is 1. The fraction of sp³-hybridized carbons (Fsp3) is 0.571. The first-order valence-electron chi connectivity index (χ1n) is 6.35. The van der Waals surface area contributed by atoms with Crippen LogP contribution in [0.5, 0.6) is 5.75 Å². The van der Waals surface area contributed by atoms with Gasteiger partial charge < -0.3 is 14.6 Å². The third kappa shape index (κ3) is 6.25. The molecular weight excluding hydrogens is 266 g/mol. The van der Waals surface area contributed by atoms with E-state index in [0.717, 1.165) is 38.2 Å². The van der Waals surface area contributed by atoms with Crippen molar-refractivity contribution in [3.63, 3.8) is 0 Å². The van der Waals surface area contributed by atoms with E-state index in [1.807, 2.05) is 6.07 Å². The normalized spacial score (nSPS) is 11.2. The number of halogens is 1. The Labute approximate surface area is 119 Å². The largest absolute Gasteiger partial charge is 0.506 e. The van der Waals surface area contributed by atoms with Crippen molar-refractivity contribution in [3.8, 4) is 5.75 Å². The Hall–Kier alpha value is -0.810. The molecule has 1 aromatic carbocycles. The summed E-state index contributed by atoms with van der Waals surface area (Å²) in [5, 5.41) is 9.80. The molecule has 0 radical (unpaired) electrons. The van der Waals surface area contributed by atoms with Gasteiger partial charge in [-0.2, -0.15) is 0 Å². The molecule has 4 nitrogen and oxygen atoms in total. The molecule has 1 N–H and O–H groups in total. The van der Waals surface area contributed by atoms with E-state index in [1.165, 1.54) is 0 Å². The lowest BCUT2D eigenvalue weighted by Gasteiger charge is -2.22. The highest BCUT2D eigenvalue weighted by atomic mass is 35.5. The molecular formula is C14H22ClNO3. The van der Waals surface area contributed by atoms with Gasteiger partial charge in [0.15, 0.2) is 0 Å². The van der Waals surface area contributed by atoms with Crippen molar-refractivity contribution in [1.82, 2.24) is 4.90 Å². The van der Waals surface area contributed by atoms with Crippen molar-refractivity contribution in [2.75, 3.05) is 40.5 Å². The van der Waals surface area contributed by atoms with Gasteiger partial charge in [0.25, 0.3) is 0 Å². The van der Waals surface area contributed by atoms with E-state index in [0.29, 0.717) is 11.6 Å². The minimum absolute atomic E-state index is 0.119. The Morgan fingerprint density at radius 1 is 1.16 bits per heavy atom. The smallest absolute Gasteiger partial charge is 0.134 e. The van der Waals surface area contributed by atoms with Gasteiger partial charge in [0, 0.05) is 40.5 Å². The Balaban J connectivity index is 2.56. The molecule has 0 saturated heterocycles. The summed E-state index contributed by atoms with van der Waals surface area (Å²) in [6.45, 7) is 4.03. The van der Waals surface area contributed by atoms with Crippen LogP contribution in [0.3, 0.4) is 0 Å². The van der Waals surface area contributed by atoms with Crippen LogP contribution >= 0.6 is 11.6 Å². The van der Waals surface area contributed by atoms with Gasteiger partial charge in [-0.25, -0.2) is 0 Å². The molecule has 0 aromatic heterocycles. The van der Waals surface area contributed by atoms with Crippen LogP contribution in [-0.2, 0) is 16.0 Å². The summed E-state index contributed by atoms with van der Waals surface area (Å²) < 4.78 is 10.2. The predicted octanol–water partition coefficient (Wildman–Crippen LogP) is 2.53. The fourth-order valence-electron chi connectivity index (χ4n) is 1.83. The van der Waals surface area contributed by atoms with Crippen molar-refractivity contribution >= 4 is 11.6 Å². The average Bonchev–Trinajstić information content (AvgIpc) is 2.40. The zero-order valence-corrected chi connectivity index (χ0v) is 12.3. The highest BCUT2D eigenvalue weighted by Gasteiger charge is 2.07. The molecule has 0 fully saturated rings. The average molecular weight is 288 g/mol. The highest BCUT2D eigenvalue weighted by Crippen LogP contribution is 2.24. The zero-order valence-electron chi connectivity index (χ0n) is 11.6. The van der Waals surface area contributed by atoms with Gasteiger partial charge in [-0.05, 0) is 24.1 Å². The maximum Gasteiger partial charge on any atom is 0.134 e. The fourth-order valence-corrected chi connectivity index (χ4v) is 2.03. The molecule has 0 aliphatic rings. The summed E-state index contributed by atoms with van der Waals surface area (Å²) in [5.41, 5.74) is 1.08. The third-order valence-corrected chi connectivity index (χ3v) is 3.16. The number of hydrogen-bond acceptors (Lipinski definition) is 4. The Bertz CT molecular complexity index is 374.